The van der Waals surface area contributed by atoms with Crippen molar-refractivity contribution in [3.8, 4) is 0 Å². The van der Waals surface area contributed by atoms with Crippen LogP contribution in [0.5, 0.6) is 0 Å². The lowest BCUT2D eigenvalue weighted by atomic mass is 9.95. The van der Waals surface area contributed by atoms with E-state index in [4.69, 9.17) is 0 Å². The van der Waals surface area contributed by atoms with Crippen LogP contribution in [-0.4, -0.2) is 33.0 Å². The molecule has 2 unspecified atom stereocenters. The molecule has 2 atom stereocenters. The van der Waals surface area contributed by atoms with Crippen molar-refractivity contribution in [1.29, 1.82) is 0 Å². The molecule has 0 amide bonds. The zero-order valence-electron chi connectivity index (χ0n) is 7.99. The maximum absolute atomic E-state index is 11.3. The quantitative estimate of drug-likeness (QED) is 0.723. The van der Waals surface area contributed by atoms with Gasteiger partial charge in [0.1, 0.15) is 0 Å². The SMILES string of the molecule is CNC(C1CC1)C1CCS(=O)(=O)C1. The zero-order valence-corrected chi connectivity index (χ0v) is 8.81. The van der Waals surface area contributed by atoms with Crippen LogP contribution >= 0.6 is 0 Å². The van der Waals surface area contributed by atoms with Gasteiger partial charge in [-0.2, -0.15) is 0 Å². The highest BCUT2D eigenvalue weighted by molar-refractivity contribution is 7.91. The summed E-state index contributed by atoms with van der Waals surface area (Å²) in [6, 6.07) is 0.456. The van der Waals surface area contributed by atoms with Gasteiger partial charge in [-0.1, -0.05) is 0 Å². The molecule has 2 rings (SSSR count). The van der Waals surface area contributed by atoms with Crippen LogP contribution in [0.4, 0.5) is 0 Å². The Kier molecular flexibility index (Phi) is 2.36. The molecule has 2 fully saturated rings. The largest absolute Gasteiger partial charge is 0.316 e. The average molecular weight is 203 g/mol. The number of sulfone groups is 1. The first-order chi connectivity index (χ1) is 6.12. The zero-order chi connectivity index (χ0) is 9.47. The fourth-order valence-corrected chi connectivity index (χ4v) is 4.27. The van der Waals surface area contributed by atoms with Gasteiger partial charge in [0.2, 0.25) is 0 Å². The Bertz CT molecular complexity index is 282. The van der Waals surface area contributed by atoms with Crippen LogP contribution in [0, 0.1) is 11.8 Å². The van der Waals surface area contributed by atoms with Gasteiger partial charge >= 0.3 is 0 Å². The van der Waals surface area contributed by atoms with E-state index in [0.717, 1.165) is 12.3 Å². The molecular formula is C9H17NO2S. The molecule has 1 aliphatic heterocycles. The van der Waals surface area contributed by atoms with Crippen LogP contribution in [0.2, 0.25) is 0 Å². The van der Waals surface area contributed by atoms with Crippen LogP contribution in [0.15, 0.2) is 0 Å². The smallest absolute Gasteiger partial charge is 0.150 e. The van der Waals surface area contributed by atoms with Crippen molar-refractivity contribution in [1.82, 2.24) is 5.32 Å². The predicted molar refractivity (Wildman–Crippen MR) is 52.3 cm³/mol. The molecule has 4 heteroatoms. The van der Waals surface area contributed by atoms with Crippen molar-refractivity contribution in [3.63, 3.8) is 0 Å². The molecule has 0 spiro atoms. The van der Waals surface area contributed by atoms with Crippen molar-refractivity contribution >= 4 is 9.84 Å². The lowest BCUT2D eigenvalue weighted by molar-refractivity contribution is 0.367. The van der Waals surface area contributed by atoms with E-state index < -0.39 is 9.84 Å². The van der Waals surface area contributed by atoms with Crippen molar-refractivity contribution in [2.75, 3.05) is 18.6 Å². The number of rotatable bonds is 3. The molecule has 1 heterocycles. The summed E-state index contributed by atoms with van der Waals surface area (Å²) in [7, 11) is -0.744. The highest BCUT2D eigenvalue weighted by Gasteiger charge is 2.40. The molecule has 3 nitrogen and oxygen atoms in total. The molecule has 2 aliphatic rings. The van der Waals surface area contributed by atoms with E-state index in [-0.39, 0.29) is 0 Å². The third-order valence-electron chi connectivity index (χ3n) is 3.24. The molecule has 1 N–H and O–H groups in total. The molecule has 1 saturated heterocycles. The minimum atomic E-state index is -2.70. The Morgan fingerprint density at radius 3 is 2.31 bits per heavy atom. The summed E-state index contributed by atoms with van der Waals surface area (Å²) in [5, 5.41) is 3.28. The summed E-state index contributed by atoms with van der Waals surface area (Å²) in [4.78, 5) is 0. The van der Waals surface area contributed by atoms with Gasteiger partial charge in [-0.25, -0.2) is 8.42 Å². The standard InChI is InChI=1S/C9H17NO2S/c1-10-9(7-2-3-7)8-4-5-13(11,12)6-8/h7-10H,2-6H2,1H3. The second-order valence-electron chi connectivity index (χ2n) is 4.32. The van der Waals surface area contributed by atoms with E-state index in [0.29, 0.717) is 23.5 Å². The van der Waals surface area contributed by atoms with Crippen LogP contribution in [0.1, 0.15) is 19.3 Å². The third kappa shape index (κ3) is 2.05. The summed E-state index contributed by atoms with van der Waals surface area (Å²) >= 11 is 0. The Labute approximate surface area is 79.8 Å². The van der Waals surface area contributed by atoms with E-state index in [1.165, 1.54) is 12.8 Å². The summed E-state index contributed by atoms with van der Waals surface area (Å²) in [5.41, 5.74) is 0. The van der Waals surface area contributed by atoms with Crippen molar-refractivity contribution in [3.05, 3.63) is 0 Å². The van der Waals surface area contributed by atoms with Gasteiger partial charge in [0.05, 0.1) is 11.5 Å². The normalized spacial score (nSPS) is 34.7. The Morgan fingerprint density at radius 2 is 1.92 bits per heavy atom. The summed E-state index contributed by atoms with van der Waals surface area (Å²) < 4.78 is 22.6. The van der Waals surface area contributed by atoms with Crippen molar-refractivity contribution in [2.24, 2.45) is 11.8 Å². The lowest BCUT2D eigenvalue weighted by Crippen LogP contribution is -2.36. The van der Waals surface area contributed by atoms with E-state index in [1.54, 1.807) is 0 Å². The minimum absolute atomic E-state index is 0.377. The summed E-state index contributed by atoms with van der Waals surface area (Å²) in [5.74, 6) is 1.95. The summed E-state index contributed by atoms with van der Waals surface area (Å²) in [6.45, 7) is 0. The molecule has 0 aromatic carbocycles. The van der Waals surface area contributed by atoms with E-state index in [9.17, 15) is 8.42 Å². The molecule has 0 aromatic rings. The number of nitrogens with one attached hydrogen (secondary N) is 1. The molecule has 0 bridgehead atoms. The average Bonchev–Trinajstić information content (AvgIpc) is 2.80. The maximum Gasteiger partial charge on any atom is 0.150 e. The first kappa shape index (κ1) is 9.46. The topological polar surface area (TPSA) is 46.2 Å². The van der Waals surface area contributed by atoms with Gasteiger partial charge in [-0.05, 0) is 38.1 Å². The molecule has 0 radical (unpaired) electrons. The third-order valence-corrected chi connectivity index (χ3v) is 5.03. The van der Waals surface area contributed by atoms with E-state index >= 15 is 0 Å². The maximum atomic E-state index is 11.3. The lowest BCUT2D eigenvalue weighted by Gasteiger charge is -2.21. The van der Waals surface area contributed by atoms with Gasteiger partial charge in [-0.15, -0.1) is 0 Å². The predicted octanol–water partition coefficient (Wildman–Crippen LogP) is 0.419. The number of hydrogen-bond donors (Lipinski definition) is 1. The monoisotopic (exact) mass is 203 g/mol. The summed E-state index contributed by atoms with van der Waals surface area (Å²) in [6.07, 6.45) is 3.43. The van der Waals surface area contributed by atoms with Gasteiger partial charge in [0.15, 0.2) is 9.84 Å². The van der Waals surface area contributed by atoms with Crippen LogP contribution < -0.4 is 5.32 Å². The molecular weight excluding hydrogens is 186 g/mol. The van der Waals surface area contributed by atoms with Crippen molar-refractivity contribution < 1.29 is 8.42 Å². The Hall–Kier alpha value is -0.0900. The highest BCUT2D eigenvalue weighted by atomic mass is 32.2. The van der Waals surface area contributed by atoms with Gasteiger partial charge in [-0.3, -0.25) is 0 Å². The Balaban J connectivity index is 2.00. The molecule has 0 aromatic heterocycles. The van der Waals surface area contributed by atoms with Crippen LogP contribution in [-0.2, 0) is 9.84 Å². The van der Waals surface area contributed by atoms with E-state index in [1.807, 2.05) is 7.05 Å². The van der Waals surface area contributed by atoms with E-state index in [2.05, 4.69) is 5.32 Å². The molecule has 76 valence electrons. The Morgan fingerprint density at radius 1 is 1.23 bits per heavy atom. The minimum Gasteiger partial charge on any atom is -0.316 e. The molecule has 1 saturated carbocycles. The first-order valence-electron chi connectivity index (χ1n) is 5.00. The van der Waals surface area contributed by atoms with Crippen LogP contribution in [0.25, 0.3) is 0 Å². The van der Waals surface area contributed by atoms with Gasteiger partial charge in [0, 0.05) is 6.04 Å². The highest BCUT2D eigenvalue weighted by Crippen LogP contribution is 2.38. The fourth-order valence-electron chi connectivity index (χ4n) is 2.42. The van der Waals surface area contributed by atoms with Crippen LogP contribution in [0.3, 0.4) is 0 Å². The molecule has 13 heavy (non-hydrogen) atoms. The van der Waals surface area contributed by atoms with Crippen molar-refractivity contribution in [2.45, 2.75) is 25.3 Å². The molecule has 1 aliphatic carbocycles. The first-order valence-corrected chi connectivity index (χ1v) is 6.82. The second-order valence-corrected chi connectivity index (χ2v) is 6.54. The fraction of sp³-hybridized carbons (Fsp3) is 1.00. The number of hydrogen-bond acceptors (Lipinski definition) is 3. The van der Waals surface area contributed by atoms with Gasteiger partial charge in [0.25, 0.3) is 0 Å². The van der Waals surface area contributed by atoms with Gasteiger partial charge < -0.3 is 5.32 Å². The second kappa shape index (κ2) is 3.24.